The summed E-state index contributed by atoms with van der Waals surface area (Å²) in [6.45, 7) is 0.354. The molecule has 1 aromatic heterocycles. The standard InChI is InChI=1S/C17H18N2O3/c1-22-12-5-2-4-11(8-12)9-19-17(21)14-10-18-15-7-3-6-13(15)16(14)20/h2,4-5,8,10H,3,6-7,9H2,1H3,(H,18,20)(H,19,21). The van der Waals surface area contributed by atoms with Crippen LogP contribution < -0.4 is 15.5 Å². The zero-order valence-electron chi connectivity index (χ0n) is 12.4. The number of fused-ring (bicyclic) bond motifs is 1. The molecule has 2 N–H and O–H groups in total. The van der Waals surface area contributed by atoms with Crippen LogP contribution in [0.3, 0.4) is 0 Å². The molecule has 0 fully saturated rings. The smallest absolute Gasteiger partial charge is 0.257 e. The molecule has 1 aliphatic carbocycles. The first-order valence-electron chi connectivity index (χ1n) is 7.33. The molecule has 114 valence electrons. The van der Waals surface area contributed by atoms with Gasteiger partial charge in [-0.1, -0.05) is 12.1 Å². The lowest BCUT2D eigenvalue weighted by Crippen LogP contribution is -2.29. The fraction of sp³-hybridized carbons (Fsp3) is 0.294. The van der Waals surface area contributed by atoms with E-state index in [1.165, 1.54) is 6.20 Å². The Kier molecular flexibility index (Phi) is 3.96. The van der Waals surface area contributed by atoms with Crippen molar-refractivity contribution in [1.29, 1.82) is 0 Å². The summed E-state index contributed by atoms with van der Waals surface area (Å²) in [5.74, 6) is 0.390. The maximum Gasteiger partial charge on any atom is 0.257 e. The van der Waals surface area contributed by atoms with Crippen molar-refractivity contribution in [2.45, 2.75) is 25.8 Å². The number of aromatic nitrogens is 1. The highest BCUT2D eigenvalue weighted by molar-refractivity contribution is 5.94. The summed E-state index contributed by atoms with van der Waals surface area (Å²) in [4.78, 5) is 27.6. The molecule has 0 radical (unpaired) electrons. The van der Waals surface area contributed by atoms with Crippen molar-refractivity contribution in [3.8, 4) is 5.75 Å². The quantitative estimate of drug-likeness (QED) is 0.904. The number of carbonyl (C=O) groups is 1. The number of amides is 1. The Hall–Kier alpha value is -2.56. The molecule has 5 nitrogen and oxygen atoms in total. The molecule has 0 aliphatic heterocycles. The SMILES string of the molecule is COc1cccc(CNC(=O)c2c[nH]c3c(c2=O)CCC3)c1. The number of H-pyrrole nitrogens is 1. The molecule has 0 spiro atoms. The number of aryl methyl sites for hydroxylation is 1. The van der Waals surface area contributed by atoms with Crippen LogP contribution in [0.15, 0.2) is 35.3 Å². The number of aromatic amines is 1. The molecule has 1 aromatic carbocycles. The zero-order chi connectivity index (χ0) is 15.5. The second kappa shape index (κ2) is 6.05. The van der Waals surface area contributed by atoms with E-state index in [0.29, 0.717) is 6.54 Å². The average Bonchev–Trinajstić information content (AvgIpc) is 3.03. The molecular formula is C17H18N2O3. The number of hydrogen-bond acceptors (Lipinski definition) is 3. The number of hydrogen-bond donors (Lipinski definition) is 2. The van der Waals surface area contributed by atoms with Crippen molar-refractivity contribution < 1.29 is 9.53 Å². The minimum atomic E-state index is -0.348. The lowest BCUT2D eigenvalue weighted by Gasteiger charge is -2.08. The molecule has 0 saturated carbocycles. The molecule has 5 heteroatoms. The van der Waals surface area contributed by atoms with Gasteiger partial charge in [-0.05, 0) is 37.0 Å². The van der Waals surface area contributed by atoms with Gasteiger partial charge in [0.2, 0.25) is 0 Å². The number of nitrogens with one attached hydrogen (secondary N) is 2. The van der Waals surface area contributed by atoms with Gasteiger partial charge < -0.3 is 15.0 Å². The predicted molar refractivity (Wildman–Crippen MR) is 83.3 cm³/mol. The van der Waals surface area contributed by atoms with Crippen LogP contribution in [0, 0.1) is 0 Å². The van der Waals surface area contributed by atoms with Crippen LogP contribution in [0.1, 0.15) is 33.6 Å². The van der Waals surface area contributed by atoms with Gasteiger partial charge in [0.05, 0.1) is 7.11 Å². The Bertz CT molecular complexity index is 765. The van der Waals surface area contributed by atoms with E-state index < -0.39 is 0 Å². The third kappa shape index (κ3) is 2.74. The van der Waals surface area contributed by atoms with Crippen LogP contribution in [-0.2, 0) is 19.4 Å². The lowest BCUT2D eigenvalue weighted by atomic mass is 10.1. The first kappa shape index (κ1) is 14.4. The molecule has 0 bridgehead atoms. The van der Waals surface area contributed by atoms with Gasteiger partial charge in [0.1, 0.15) is 11.3 Å². The normalized spacial score (nSPS) is 12.8. The minimum absolute atomic E-state index is 0.144. The summed E-state index contributed by atoms with van der Waals surface area (Å²) < 4.78 is 5.15. The van der Waals surface area contributed by atoms with Crippen LogP contribution in [0.2, 0.25) is 0 Å². The first-order valence-corrected chi connectivity index (χ1v) is 7.33. The topological polar surface area (TPSA) is 71.2 Å². The predicted octanol–water partition coefficient (Wildman–Crippen LogP) is 1.80. The fourth-order valence-corrected chi connectivity index (χ4v) is 2.77. The first-order chi connectivity index (χ1) is 10.7. The fourth-order valence-electron chi connectivity index (χ4n) is 2.77. The van der Waals surface area contributed by atoms with Crippen molar-refractivity contribution in [1.82, 2.24) is 10.3 Å². The maximum atomic E-state index is 12.3. The third-order valence-electron chi connectivity index (χ3n) is 3.96. The Morgan fingerprint density at radius 2 is 2.23 bits per heavy atom. The van der Waals surface area contributed by atoms with Gasteiger partial charge in [-0.25, -0.2) is 0 Å². The number of rotatable bonds is 4. The van der Waals surface area contributed by atoms with Crippen LogP contribution in [0.4, 0.5) is 0 Å². The Labute approximate surface area is 128 Å². The van der Waals surface area contributed by atoms with E-state index in [4.69, 9.17) is 4.74 Å². The summed E-state index contributed by atoms with van der Waals surface area (Å²) in [7, 11) is 1.60. The molecule has 22 heavy (non-hydrogen) atoms. The summed E-state index contributed by atoms with van der Waals surface area (Å²) in [6.07, 6.45) is 4.13. The van der Waals surface area contributed by atoms with Crippen molar-refractivity contribution in [3.05, 3.63) is 63.1 Å². The number of pyridine rings is 1. The van der Waals surface area contributed by atoms with Gasteiger partial charge in [-0.3, -0.25) is 9.59 Å². The summed E-state index contributed by atoms with van der Waals surface area (Å²) in [5.41, 5.74) is 2.69. The summed E-state index contributed by atoms with van der Waals surface area (Å²) in [5, 5.41) is 2.78. The highest BCUT2D eigenvalue weighted by Gasteiger charge is 2.19. The van der Waals surface area contributed by atoms with Crippen LogP contribution in [0.25, 0.3) is 0 Å². The van der Waals surface area contributed by atoms with E-state index >= 15 is 0 Å². The van der Waals surface area contributed by atoms with Gasteiger partial charge in [0.25, 0.3) is 5.91 Å². The van der Waals surface area contributed by atoms with Gasteiger partial charge in [-0.2, -0.15) is 0 Å². The summed E-state index contributed by atoms with van der Waals surface area (Å²) in [6, 6.07) is 7.46. The lowest BCUT2D eigenvalue weighted by molar-refractivity contribution is 0.0949. The third-order valence-corrected chi connectivity index (χ3v) is 3.96. The maximum absolute atomic E-state index is 12.3. The molecule has 1 heterocycles. The Balaban J connectivity index is 1.74. The van der Waals surface area contributed by atoms with Gasteiger partial charge >= 0.3 is 0 Å². The summed E-state index contributed by atoms with van der Waals surface area (Å²) >= 11 is 0. The highest BCUT2D eigenvalue weighted by Crippen LogP contribution is 2.16. The number of methoxy groups -OCH3 is 1. The second-order valence-corrected chi connectivity index (χ2v) is 5.38. The highest BCUT2D eigenvalue weighted by atomic mass is 16.5. The monoisotopic (exact) mass is 298 g/mol. The molecule has 0 atom stereocenters. The van der Waals surface area contributed by atoms with Gasteiger partial charge in [0, 0.05) is 24.0 Å². The van der Waals surface area contributed by atoms with Gasteiger partial charge in [0.15, 0.2) is 5.43 Å². The molecular weight excluding hydrogens is 280 g/mol. The van der Waals surface area contributed by atoms with E-state index in [-0.39, 0.29) is 16.9 Å². The molecule has 0 unspecified atom stereocenters. The Morgan fingerprint density at radius 1 is 1.36 bits per heavy atom. The molecule has 1 amide bonds. The Morgan fingerprint density at radius 3 is 3.05 bits per heavy atom. The molecule has 0 saturated heterocycles. The largest absolute Gasteiger partial charge is 0.497 e. The van der Waals surface area contributed by atoms with E-state index in [9.17, 15) is 9.59 Å². The van der Waals surface area contributed by atoms with E-state index in [2.05, 4.69) is 10.3 Å². The molecule has 2 aromatic rings. The van der Waals surface area contributed by atoms with Crippen LogP contribution in [0.5, 0.6) is 5.75 Å². The minimum Gasteiger partial charge on any atom is -0.497 e. The van der Waals surface area contributed by atoms with Crippen molar-refractivity contribution >= 4 is 5.91 Å². The van der Waals surface area contributed by atoms with Crippen molar-refractivity contribution in [3.63, 3.8) is 0 Å². The second-order valence-electron chi connectivity index (χ2n) is 5.38. The van der Waals surface area contributed by atoms with Crippen molar-refractivity contribution in [2.75, 3.05) is 7.11 Å². The van der Waals surface area contributed by atoms with E-state index in [1.807, 2.05) is 24.3 Å². The number of benzene rings is 1. The van der Waals surface area contributed by atoms with Crippen LogP contribution >= 0.6 is 0 Å². The van der Waals surface area contributed by atoms with Crippen molar-refractivity contribution in [2.24, 2.45) is 0 Å². The van der Waals surface area contributed by atoms with E-state index in [1.54, 1.807) is 7.11 Å². The number of carbonyl (C=O) groups excluding carboxylic acids is 1. The van der Waals surface area contributed by atoms with Gasteiger partial charge in [-0.15, -0.1) is 0 Å². The zero-order valence-corrected chi connectivity index (χ0v) is 12.4. The van der Waals surface area contributed by atoms with Crippen LogP contribution in [-0.4, -0.2) is 18.0 Å². The number of ether oxygens (including phenoxy) is 1. The molecule has 3 rings (SSSR count). The average molecular weight is 298 g/mol. The molecule has 1 aliphatic rings. The van der Waals surface area contributed by atoms with E-state index in [0.717, 1.165) is 41.8 Å².